The smallest absolute Gasteiger partial charge is 0.223 e. The summed E-state index contributed by atoms with van der Waals surface area (Å²) in [7, 11) is 1.79. The van der Waals surface area contributed by atoms with E-state index in [1.807, 2.05) is 0 Å². The Hall–Kier alpha value is -1.66. The Morgan fingerprint density at radius 1 is 1.26 bits per heavy atom. The van der Waals surface area contributed by atoms with Gasteiger partial charge in [-0.3, -0.25) is 0 Å². The van der Waals surface area contributed by atoms with E-state index in [4.69, 9.17) is 15.5 Å². The van der Waals surface area contributed by atoms with Crippen molar-refractivity contribution < 1.29 is 9.84 Å². The quantitative estimate of drug-likeness (QED) is 0.662. The molecule has 1 heterocycles. The van der Waals surface area contributed by atoms with Crippen LogP contribution >= 0.6 is 0 Å². The monoisotopic (exact) mass is 374 g/mol. The molecule has 6 nitrogen and oxygen atoms in total. The third kappa shape index (κ3) is 5.66. The molecule has 3 rings (SSSR count). The van der Waals surface area contributed by atoms with Gasteiger partial charge >= 0.3 is 0 Å². The second-order valence-corrected chi connectivity index (χ2v) is 8.18. The summed E-state index contributed by atoms with van der Waals surface area (Å²) in [6, 6.07) is 0.385. The zero-order valence-electron chi connectivity index (χ0n) is 16.5. The zero-order chi connectivity index (χ0) is 19.2. The van der Waals surface area contributed by atoms with Crippen LogP contribution in [0, 0.1) is 5.92 Å². The second kappa shape index (κ2) is 9.51. The zero-order valence-corrected chi connectivity index (χ0v) is 16.5. The largest absolute Gasteiger partial charge is 0.399 e. The maximum atomic E-state index is 10.1. The predicted molar refractivity (Wildman–Crippen MR) is 108 cm³/mol. The van der Waals surface area contributed by atoms with Crippen molar-refractivity contribution in [1.82, 2.24) is 9.97 Å². The number of anilines is 1. The van der Waals surface area contributed by atoms with Crippen molar-refractivity contribution in [2.24, 2.45) is 11.7 Å². The molecule has 2 aliphatic carbocycles. The van der Waals surface area contributed by atoms with Crippen LogP contribution < -0.4 is 11.1 Å². The molecule has 0 unspecified atom stereocenters. The molecule has 0 spiro atoms. The molecule has 27 heavy (non-hydrogen) atoms. The molecule has 0 aromatic carbocycles. The van der Waals surface area contributed by atoms with Crippen molar-refractivity contribution in [2.75, 3.05) is 12.4 Å². The standard InChI is InChI=1S/C21H34N4O2/c1-14(22)19-13-23-21(24-16-7-9-18(27-2)10-8-16)25-20(19)12-15-5-3-4-6-17(26)11-15/h13,15-18,26H,1,3-12,22H2,2H3,(H,23,24,25)/t15-,16?,17+,18?/m1/s1. The van der Waals surface area contributed by atoms with Crippen LogP contribution in [-0.2, 0) is 11.2 Å². The van der Waals surface area contributed by atoms with Crippen LogP contribution in [0.1, 0.15) is 69.0 Å². The van der Waals surface area contributed by atoms with E-state index in [9.17, 15) is 5.11 Å². The lowest BCUT2D eigenvalue weighted by Crippen LogP contribution is -2.30. The Morgan fingerprint density at radius 3 is 2.70 bits per heavy atom. The van der Waals surface area contributed by atoms with Crippen LogP contribution in [0.2, 0.25) is 0 Å². The number of nitrogens with zero attached hydrogens (tertiary/aromatic N) is 2. The number of rotatable bonds is 6. The third-order valence-corrected chi connectivity index (χ3v) is 6.04. The average molecular weight is 375 g/mol. The number of nitrogens with two attached hydrogens (primary N) is 1. The van der Waals surface area contributed by atoms with Crippen molar-refractivity contribution in [1.29, 1.82) is 0 Å². The van der Waals surface area contributed by atoms with Gasteiger partial charge in [0.2, 0.25) is 5.95 Å². The predicted octanol–water partition coefficient (Wildman–Crippen LogP) is 3.26. The van der Waals surface area contributed by atoms with E-state index in [0.29, 0.717) is 29.7 Å². The van der Waals surface area contributed by atoms with E-state index in [-0.39, 0.29) is 6.10 Å². The van der Waals surface area contributed by atoms with Gasteiger partial charge in [-0.2, -0.15) is 0 Å². The van der Waals surface area contributed by atoms with Crippen LogP contribution in [0.3, 0.4) is 0 Å². The average Bonchev–Trinajstić information content (AvgIpc) is 2.86. The third-order valence-electron chi connectivity index (χ3n) is 6.04. The molecule has 150 valence electrons. The summed E-state index contributed by atoms with van der Waals surface area (Å²) in [5, 5.41) is 13.6. The molecular formula is C21H34N4O2. The van der Waals surface area contributed by atoms with Gasteiger partial charge in [-0.05, 0) is 57.3 Å². The van der Waals surface area contributed by atoms with Crippen LogP contribution in [0.15, 0.2) is 12.8 Å². The van der Waals surface area contributed by atoms with Crippen molar-refractivity contribution in [3.63, 3.8) is 0 Å². The van der Waals surface area contributed by atoms with Crippen molar-refractivity contribution in [3.8, 4) is 0 Å². The number of hydrogen-bond acceptors (Lipinski definition) is 6. The molecule has 0 radical (unpaired) electrons. The highest BCUT2D eigenvalue weighted by molar-refractivity contribution is 5.62. The fourth-order valence-corrected chi connectivity index (χ4v) is 4.43. The highest BCUT2D eigenvalue weighted by Gasteiger charge is 2.23. The molecule has 4 N–H and O–H groups in total. The lowest BCUT2D eigenvalue weighted by molar-refractivity contribution is 0.0681. The summed E-state index contributed by atoms with van der Waals surface area (Å²) >= 11 is 0. The molecule has 2 saturated carbocycles. The first-order valence-electron chi connectivity index (χ1n) is 10.3. The highest BCUT2D eigenvalue weighted by atomic mass is 16.5. The first kappa shape index (κ1) is 20.1. The number of methoxy groups -OCH3 is 1. The topological polar surface area (TPSA) is 93.3 Å². The summed E-state index contributed by atoms with van der Waals surface area (Å²) in [5.74, 6) is 1.10. The first-order chi connectivity index (χ1) is 13.0. The molecule has 0 amide bonds. The van der Waals surface area contributed by atoms with E-state index in [2.05, 4.69) is 16.9 Å². The summed E-state index contributed by atoms with van der Waals surface area (Å²) in [6.45, 7) is 3.89. The van der Waals surface area contributed by atoms with Crippen LogP contribution in [-0.4, -0.2) is 40.4 Å². The summed E-state index contributed by atoms with van der Waals surface area (Å²) < 4.78 is 5.45. The van der Waals surface area contributed by atoms with E-state index in [1.54, 1.807) is 13.3 Å². The minimum absolute atomic E-state index is 0.197. The van der Waals surface area contributed by atoms with Gasteiger partial charge in [0.15, 0.2) is 0 Å². The van der Waals surface area contributed by atoms with Crippen LogP contribution in [0.25, 0.3) is 5.70 Å². The van der Waals surface area contributed by atoms with Crippen molar-refractivity contribution in [3.05, 3.63) is 24.0 Å². The Kier molecular flexibility index (Phi) is 7.07. The Balaban J connectivity index is 1.69. The maximum Gasteiger partial charge on any atom is 0.223 e. The molecule has 6 heteroatoms. The SMILES string of the molecule is C=C(N)c1cnc(NC2CCC(OC)CC2)nc1C[C@@H]1CCCC[C@H](O)C1. The number of ether oxygens (including phenoxy) is 1. The van der Waals surface area contributed by atoms with Gasteiger partial charge in [-0.25, -0.2) is 9.97 Å². The highest BCUT2D eigenvalue weighted by Crippen LogP contribution is 2.28. The molecular weight excluding hydrogens is 340 g/mol. The van der Waals surface area contributed by atoms with Crippen LogP contribution in [0.5, 0.6) is 0 Å². The number of nitrogens with one attached hydrogen (secondary N) is 1. The number of aliphatic hydroxyl groups is 1. The molecule has 2 fully saturated rings. The molecule has 2 aliphatic rings. The van der Waals surface area contributed by atoms with E-state index in [1.165, 1.54) is 6.42 Å². The molecule has 0 saturated heterocycles. The van der Waals surface area contributed by atoms with E-state index >= 15 is 0 Å². The lowest BCUT2D eigenvalue weighted by Gasteiger charge is -2.28. The molecule has 2 atom stereocenters. The van der Waals surface area contributed by atoms with Gasteiger partial charge in [-0.15, -0.1) is 0 Å². The van der Waals surface area contributed by atoms with Gasteiger partial charge in [0, 0.05) is 30.6 Å². The van der Waals surface area contributed by atoms with Crippen molar-refractivity contribution >= 4 is 11.6 Å². The lowest BCUT2D eigenvalue weighted by atomic mass is 9.92. The molecule has 1 aromatic rings. The first-order valence-corrected chi connectivity index (χ1v) is 10.3. The fourth-order valence-electron chi connectivity index (χ4n) is 4.43. The van der Waals surface area contributed by atoms with Gasteiger partial charge in [0.1, 0.15) is 0 Å². The summed E-state index contributed by atoms with van der Waals surface area (Å²) in [5.41, 5.74) is 8.27. The number of aromatic nitrogens is 2. The van der Waals surface area contributed by atoms with Gasteiger partial charge < -0.3 is 20.9 Å². The summed E-state index contributed by atoms with van der Waals surface area (Å²) in [4.78, 5) is 9.28. The Morgan fingerprint density at radius 2 is 2.00 bits per heavy atom. The molecule has 0 aliphatic heterocycles. The second-order valence-electron chi connectivity index (χ2n) is 8.18. The number of hydrogen-bond donors (Lipinski definition) is 3. The fraction of sp³-hybridized carbons (Fsp3) is 0.714. The maximum absolute atomic E-state index is 10.1. The molecule has 0 bridgehead atoms. The normalized spacial score (nSPS) is 29.1. The van der Waals surface area contributed by atoms with Gasteiger partial charge in [0.25, 0.3) is 0 Å². The van der Waals surface area contributed by atoms with Crippen molar-refractivity contribution in [2.45, 2.75) is 82.5 Å². The van der Waals surface area contributed by atoms with Crippen LogP contribution in [0.4, 0.5) is 5.95 Å². The number of aliphatic hydroxyl groups excluding tert-OH is 1. The summed E-state index contributed by atoms with van der Waals surface area (Å²) in [6.07, 6.45) is 12.2. The minimum Gasteiger partial charge on any atom is -0.399 e. The minimum atomic E-state index is -0.197. The Labute approximate surface area is 162 Å². The van der Waals surface area contributed by atoms with Gasteiger partial charge in [-0.1, -0.05) is 19.4 Å². The molecule has 1 aromatic heterocycles. The van der Waals surface area contributed by atoms with E-state index in [0.717, 1.165) is 69.0 Å². The van der Waals surface area contributed by atoms with Gasteiger partial charge in [0.05, 0.1) is 17.9 Å². The van der Waals surface area contributed by atoms with E-state index < -0.39 is 0 Å². The Bertz CT molecular complexity index is 629.